The lowest BCUT2D eigenvalue weighted by molar-refractivity contribution is 0.0999. The number of hydrogen-bond acceptors (Lipinski definition) is 3. The van der Waals surface area contributed by atoms with Gasteiger partial charge in [-0.05, 0) is 38.3 Å². The van der Waals surface area contributed by atoms with Gasteiger partial charge in [-0.3, -0.25) is 0 Å². The van der Waals surface area contributed by atoms with Crippen molar-refractivity contribution in [2.45, 2.75) is 56.6 Å². The van der Waals surface area contributed by atoms with E-state index in [2.05, 4.69) is 62.1 Å². The smallest absolute Gasteiger partial charge is 0.0476 e. The molecule has 0 amide bonds. The number of ether oxygens (including phenoxy) is 1. The van der Waals surface area contributed by atoms with Crippen molar-refractivity contribution in [3.05, 3.63) is 35.4 Å². The number of hydrogen-bond donors (Lipinski definition) is 1. The Kier molecular flexibility index (Phi) is 7.08. The first-order valence-corrected chi connectivity index (χ1v) is 9.18. The molecule has 2 unspecified atom stereocenters. The van der Waals surface area contributed by atoms with Gasteiger partial charge in [0, 0.05) is 29.8 Å². The van der Waals surface area contributed by atoms with E-state index in [1.165, 1.54) is 30.4 Å². The topological polar surface area (TPSA) is 21.3 Å². The molecule has 118 valence electrons. The SMILES string of the molecule is CCCNC(c1ccc(C)cc1)C(C)SC1CCOCC1. The molecule has 2 nitrogen and oxygen atoms in total. The zero-order valence-corrected chi connectivity index (χ0v) is 14.4. The number of benzene rings is 1. The molecule has 2 rings (SSSR count). The number of nitrogens with one attached hydrogen (secondary N) is 1. The van der Waals surface area contributed by atoms with E-state index in [4.69, 9.17) is 4.74 Å². The minimum atomic E-state index is 0.443. The summed E-state index contributed by atoms with van der Waals surface area (Å²) in [5.74, 6) is 0. The fraction of sp³-hybridized carbons (Fsp3) is 0.667. The Morgan fingerprint density at radius 3 is 2.52 bits per heavy atom. The van der Waals surface area contributed by atoms with Crippen LogP contribution in [0, 0.1) is 6.92 Å². The molecule has 0 bridgehead atoms. The second-order valence-electron chi connectivity index (χ2n) is 6.00. The molecule has 0 spiro atoms. The highest BCUT2D eigenvalue weighted by molar-refractivity contribution is 8.00. The van der Waals surface area contributed by atoms with E-state index in [1.54, 1.807) is 0 Å². The fourth-order valence-corrected chi connectivity index (χ4v) is 4.30. The molecule has 3 heteroatoms. The van der Waals surface area contributed by atoms with Crippen molar-refractivity contribution in [2.24, 2.45) is 0 Å². The molecule has 1 aliphatic heterocycles. The van der Waals surface area contributed by atoms with Crippen LogP contribution in [0.1, 0.15) is 50.3 Å². The van der Waals surface area contributed by atoms with Gasteiger partial charge in [0.05, 0.1) is 0 Å². The van der Waals surface area contributed by atoms with Crippen molar-refractivity contribution < 1.29 is 4.74 Å². The van der Waals surface area contributed by atoms with E-state index in [1.807, 2.05) is 0 Å². The van der Waals surface area contributed by atoms with Crippen LogP contribution >= 0.6 is 11.8 Å². The van der Waals surface area contributed by atoms with Gasteiger partial charge in [0.25, 0.3) is 0 Å². The van der Waals surface area contributed by atoms with Crippen LogP contribution in [0.4, 0.5) is 0 Å². The van der Waals surface area contributed by atoms with Gasteiger partial charge in [-0.2, -0.15) is 11.8 Å². The maximum absolute atomic E-state index is 5.48. The molecule has 1 fully saturated rings. The summed E-state index contributed by atoms with van der Waals surface area (Å²) in [4.78, 5) is 0. The summed E-state index contributed by atoms with van der Waals surface area (Å²) < 4.78 is 5.48. The second-order valence-corrected chi connectivity index (χ2v) is 7.68. The van der Waals surface area contributed by atoms with Crippen LogP contribution in [-0.2, 0) is 4.74 Å². The second kappa shape index (κ2) is 8.82. The lowest BCUT2D eigenvalue weighted by atomic mass is 10.0. The third-order valence-electron chi connectivity index (χ3n) is 4.10. The number of thioether (sulfide) groups is 1. The third kappa shape index (κ3) is 5.32. The molecule has 1 aromatic rings. The fourth-order valence-electron chi connectivity index (χ4n) is 2.82. The molecule has 1 aromatic carbocycles. The summed E-state index contributed by atoms with van der Waals surface area (Å²) >= 11 is 2.14. The van der Waals surface area contributed by atoms with Crippen molar-refractivity contribution in [1.82, 2.24) is 5.32 Å². The Morgan fingerprint density at radius 1 is 1.24 bits per heavy atom. The highest BCUT2D eigenvalue weighted by Crippen LogP contribution is 2.33. The van der Waals surface area contributed by atoms with E-state index >= 15 is 0 Å². The summed E-state index contributed by atoms with van der Waals surface area (Å²) in [6.45, 7) is 9.70. The van der Waals surface area contributed by atoms with Crippen LogP contribution in [0.2, 0.25) is 0 Å². The van der Waals surface area contributed by atoms with Crippen molar-refractivity contribution >= 4 is 11.8 Å². The lowest BCUT2D eigenvalue weighted by Gasteiger charge is -2.30. The molecule has 0 saturated carbocycles. The van der Waals surface area contributed by atoms with Crippen LogP contribution in [0.5, 0.6) is 0 Å². The van der Waals surface area contributed by atoms with E-state index in [0.29, 0.717) is 11.3 Å². The number of rotatable bonds is 7. The summed E-state index contributed by atoms with van der Waals surface area (Å²) in [6.07, 6.45) is 3.57. The Bertz CT molecular complexity index is 400. The van der Waals surface area contributed by atoms with Crippen molar-refractivity contribution in [1.29, 1.82) is 0 Å². The molecule has 2 atom stereocenters. The third-order valence-corrected chi connectivity index (χ3v) is 5.65. The van der Waals surface area contributed by atoms with Crippen LogP contribution in [-0.4, -0.2) is 30.3 Å². The molecular weight excluding hydrogens is 278 g/mol. The minimum absolute atomic E-state index is 0.443. The standard InChI is InChI=1S/C18H29NOS/c1-4-11-19-18(16-7-5-14(2)6-8-16)15(3)21-17-9-12-20-13-10-17/h5-8,15,17-19H,4,9-13H2,1-3H3. The molecule has 1 saturated heterocycles. The lowest BCUT2D eigenvalue weighted by Crippen LogP contribution is -2.31. The quantitative estimate of drug-likeness (QED) is 0.810. The summed E-state index contributed by atoms with van der Waals surface area (Å²) in [5, 5.41) is 5.08. The molecule has 0 aromatic heterocycles. The average Bonchev–Trinajstić information content (AvgIpc) is 2.50. The molecule has 0 aliphatic carbocycles. The van der Waals surface area contributed by atoms with Gasteiger partial charge >= 0.3 is 0 Å². The Balaban J connectivity index is 2.01. The molecule has 21 heavy (non-hydrogen) atoms. The average molecular weight is 308 g/mol. The van der Waals surface area contributed by atoms with Crippen molar-refractivity contribution in [3.63, 3.8) is 0 Å². The van der Waals surface area contributed by atoms with Gasteiger partial charge in [0.1, 0.15) is 0 Å². The molecular formula is C18H29NOS. The van der Waals surface area contributed by atoms with Gasteiger partial charge in [-0.1, -0.05) is 43.7 Å². The van der Waals surface area contributed by atoms with Crippen LogP contribution in [0.25, 0.3) is 0 Å². The van der Waals surface area contributed by atoms with Crippen LogP contribution in [0.3, 0.4) is 0 Å². The molecule has 0 radical (unpaired) electrons. The first kappa shape index (κ1) is 16.9. The first-order chi connectivity index (χ1) is 10.2. The van der Waals surface area contributed by atoms with Gasteiger partial charge in [0.2, 0.25) is 0 Å². The van der Waals surface area contributed by atoms with Gasteiger partial charge in [-0.25, -0.2) is 0 Å². The van der Waals surface area contributed by atoms with Crippen molar-refractivity contribution in [3.8, 4) is 0 Å². The number of aryl methyl sites for hydroxylation is 1. The zero-order chi connectivity index (χ0) is 15.1. The molecule has 1 heterocycles. The van der Waals surface area contributed by atoms with E-state index in [0.717, 1.165) is 25.0 Å². The Hall–Kier alpha value is -0.510. The maximum atomic E-state index is 5.48. The maximum Gasteiger partial charge on any atom is 0.0476 e. The largest absolute Gasteiger partial charge is 0.381 e. The summed E-state index contributed by atoms with van der Waals surface area (Å²) in [7, 11) is 0. The van der Waals surface area contributed by atoms with E-state index in [-0.39, 0.29) is 0 Å². The predicted octanol–water partition coefficient (Wildman–Crippen LogP) is 4.34. The zero-order valence-electron chi connectivity index (χ0n) is 13.6. The van der Waals surface area contributed by atoms with Crippen LogP contribution in [0.15, 0.2) is 24.3 Å². The Labute approximate surface area is 134 Å². The molecule has 1 N–H and O–H groups in total. The van der Waals surface area contributed by atoms with Gasteiger partial charge < -0.3 is 10.1 Å². The minimum Gasteiger partial charge on any atom is -0.381 e. The Morgan fingerprint density at radius 2 is 1.90 bits per heavy atom. The monoisotopic (exact) mass is 307 g/mol. The normalized spacial score (nSPS) is 19.4. The van der Waals surface area contributed by atoms with Gasteiger partial charge in [-0.15, -0.1) is 0 Å². The molecule has 1 aliphatic rings. The van der Waals surface area contributed by atoms with E-state index in [9.17, 15) is 0 Å². The predicted molar refractivity (Wildman–Crippen MR) is 93.1 cm³/mol. The summed E-state index contributed by atoms with van der Waals surface area (Å²) in [5.41, 5.74) is 2.75. The van der Waals surface area contributed by atoms with Crippen molar-refractivity contribution in [2.75, 3.05) is 19.8 Å². The van der Waals surface area contributed by atoms with E-state index < -0.39 is 0 Å². The van der Waals surface area contributed by atoms with Gasteiger partial charge in [0.15, 0.2) is 0 Å². The van der Waals surface area contributed by atoms with Crippen LogP contribution < -0.4 is 5.32 Å². The first-order valence-electron chi connectivity index (χ1n) is 8.24. The highest BCUT2D eigenvalue weighted by Gasteiger charge is 2.24. The highest BCUT2D eigenvalue weighted by atomic mass is 32.2. The summed E-state index contributed by atoms with van der Waals surface area (Å²) in [6, 6.07) is 9.45.